The first-order chi connectivity index (χ1) is 8.86. The van der Waals surface area contributed by atoms with Crippen LogP contribution in [0.1, 0.15) is 41.9 Å². The molecule has 0 fully saturated rings. The Morgan fingerprint density at radius 1 is 1.37 bits per heavy atom. The lowest BCUT2D eigenvalue weighted by molar-refractivity contribution is -0.120. The highest BCUT2D eigenvalue weighted by Gasteiger charge is 2.51. The van der Waals surface area contributed by atoms with Gasteiger partial charge in [0, 0.05) is 23.8 Å². The van der Waals surface area contributed by atoms with Gasteiger partial charge in [-0.2, -0.15) is 0 Å². The van der Waals surface area contributed by atoms with Crippen molar-refractivity contribution in [2.75, 3.05) is 0 Å². The van der Waals surface area contributed by atoms with Gasteiger partial charge in [-0.15, -0.1) is 0 Å². The van der Waals surface area contributed by atoms with Gasteiger partial charge in [0.15, 0.2) is 11.6 Å². The minimum absolute atomic E-state index is 0.0775. The van der Waals surface area contributed by atoms with Crippen molar-refractivity contribution in [3.05, 3.63) is 34.3 Å². The monoisotopic (exact) mass is 260 g/mol. The van der Waals surface area contributed by atoms with Gasteiger partial charge in [0.25, 0.3) is 0 Å². The molecule has 4 heteroatoms. The Morgan fingerprint density at radius 3 is 2.74 bits per heavy atom. The average Bonchev–Trinajstić information content (AvgIpc) is 2.68. The second kappa shape index (κ2) is 3.67. The molecule has 0 bridgehead atoms. The third kappa shape index (κ3) is 1.43. The zero-order valence-electron chi connectivity index (χ0n) is 11.2. The van der Waals surface area contributed by atoms with E-state index in [0.29, 0.717) is 28.9 Å². The molecule has 2 aliphatic rings. The van der Waals surface area contributed by atoms with E-state index in [4.69, 9.17) is 4.42 Å². The fourth-order valence-electron chi connectivity index (χ4n) is 3.32. The van der Waals surface area contributed by atoms with E-state index in [1.807, 2.05) is 13.8 Å². The largest absolute Gasteiger partial charge is 0.468 e. The number of carbonyl (C=O) groups excluding carboxylic acids is 2. The maximum atomic E-state index is 12.7. The molecule has 0 aliphatic heterocycles. The number of allylic oxidation sites excluding steroid dienone is 1. The Morgan fingerprint density at radius 2 is 2.05 bits per heavy atom. The van der Waals surface area contributed by atoms with E-state index in [0.717, 1.165) is 5.56 Å². The lowest BCUT2D eigenvalue weighted by atomic mass is 9.61. The number of furan rings is 1. The van der Waals surface area contributed by atoms with Gasteiger partial charge in [0.2, 0.25) is 0 Å². The van der Waals surface area contributed by atoms with Crippen LogP contribution in [0.15, 0.2) is 21.8 Å². The summed E-state index contributed by atoms with van der Waals surface area (Å²) in [6.07, 6.45) is 1.27. The second-order valence-electron chi connectivity index (χ2n) is 5.78. The third-order valence-corrected chi connectivity index (χ3v) is 4.51. The van der Waals surface area contributed by atoms with E-state index < -0.39 is 11.5 Å². The molecule has 1 aromatic heterocycles. The van der Waals surface area contributed by atoms with Crippen molar-refractivity contribution < 1.29 is 19.1 Å². The van der Waals surface area contributed by atoms with Crippen LogP contribution in [0.4, 0.5) is 0 Å². The zero-order valence-corrected chi connectivity index (χ0v) is 11.2. The Balaban J connectivity index is 2.30. The Hall–Kier alpha value is -1.68. The molecule has 0 amide bonds. The smallest absolute Gasteiger partial charge is 0.193 e. The van der Waals surface area contributed by atoms with Gasteiger partial charge >= 0.3 is 0 Å². The number of hydrogen-bond acceptors (Lipinski definition) is 4. The maximum Gasteiger partial charge on any atom is 0.193 e. The number of aryl methyl sites for hydroxylation is 1. The number of carbonyl (C=O) groups is 2. The molecule has 0 saturated heterocycles. The molecule has 3 rings (SSSR count). The third-order valence-electron chi connectivity index (χ3n) is 4.51. The van der Waals surface area contributed by atoms with Crippen LogP contribution in [0.3, 0.4) is 0 Å². The highest BCUT2D eigenvalue weighted by atomic mass is 16.3. The Kier molecular flexibility index (Phi) is 2.39. The van der Waals surface area contributed by atoms with Crippen LogP contribution in [0.25, 0.3) is 0 Å². The van der Waals surface area contributed by atoms with E-state index in [9.17, 15) is 14.7 Å². The Labute approximate surface area is 111 Å². The summed E-state index contributed by atoms with van der Waals surface area (Å²) in [7, 11) is 0. The first-order valence-electron chi connectivity index (χ1n) is 6.40. The van der Waals surface area contributed by atoms with Crippen LogP contribution in [0, 0.1) is 12.3 Å². The van der Waals surface area contributed by atoms with Crippen LogP contribution in [-0.2, 0) is 11.2 Å². The van der Waals surface area contributed by atoms with Gasteiger partial charge < -0.3 is 9.52 Å². The van der Waals surface area contributed by atoms with E-state index in [-0.39, 0.29) is 18.0 Å². The first-order valence-corrected chi connectivity index (χ1v) is 6.40. The van der Waals surface area contributed by atoms with Crippen molar-refractivity contribution in [1.29, 1.82) is 0 Å². The summed E-state index contributed by atoms with van der Waals surface area (Å²) in [5, 5.41) is 10.3. The summed E-state index contributed by atoms with van der Waals surface area (Å²) in [5.41, 5.74) is 1.59. The van der Waals surface area contributed by atoms with Crippen LogP contribution >= 0.6 is 0 Å². The number of fused-ring (bicyclic) bond motifs is 2. The number of aliphatic hydroxyl groups excluding tert-OH is 1. The van der Waals surface area contributed by atoms with E-state index >= 15 is 0 Å². The van der Waals surface area contributed by atoms with Gasteiger partial charge in [0.1, 0.15) is 5.76 Å². The molecule has 0 unspecified atom stereocenters. The lowest BCUT2D eigenvalue weighted by Crippen LogP contribution is -2.47. The highest BCUT2D eigenvalue weighted by Crippen LogP contribution is 2.48. The Bertz CT molecular complexity index is 635. The number of aliphatic hydroxyl groups is 1. The molecule has 2 aliphatic carbocycles. The minimum Gasteiger partial charge on any atom is -0.468 e. The molecular formula is C15H16O4. The van der Waals surface area contributed by atoms with Crippen molar-refractivity contribution in [2.45, 2.75) is 39.7 Å². The van der Waals surface area contributed by atoms with Crippen molar-refractivity contribution in [3.8, 4) is 0 Å². The molecule has 0 aromatic carbocycles. The van der Waals surface area contributed by atoms with Crippen molar-refractivity contribution >= 4 is 11.6 Å². The van der Waals surface area contributed by atoms with E-state index in [1.165, 1.54) is 0 Å². The first kappa shape index (κ1) is 12.4. The van der Waals surface area contributed by atoms with Gasteiger partial charge in [-0.05, 0) is 25.0 Å². The van der Waals surface area contributed by atoms with Crippen LogP contribution < -0.4 is 0 Å². The highest BCUT2D eigenvalue weighted by molar-refractivity contribution is 6.17. The minimum atomic E-state index is -0.832. The maximum absolute atomic E-state index is 12.7. The summed E-state index contributed by atoms with van der Waals surface area (Å²) >= 11 is 0. The normalized spacial score (nSPS) is 30.4. The van der Waals surface area contributed by atoms with Crippen LogP contribution in [0.5, 0.6) is 0 Å². The molecule has 0 saturated carbocycles. The SMILES string of the molecule is CC1=C2C(=O)c3c(C)coc3C[C@@]2(C)[C@H](O)CC1=O. The summed E-state index contributed by atoms with van der Waals surface area (Å²) < 4.78 is 5.44. The van der Waals surface area contributed by atoms with E-state index in [1.54, 1.807) is 13.2 Å². The predicted octanol–water partition coefficient (Wildman–Crippen LogP) is 1.98. The number of rotatable bonds is 0. The topological polar surface area (TPSA) is 67.5 Å². The molecule has 0 spiro atoms. The molecule has 1 heterocycles. The molecule has 1 N–H and O–H groups in total. The molecule has 4 nitrogen and oxygen atoms in total. The lowest BCUT2D eigenvalue weighted by Gasteiger charge is -2.42. The van der Waals surface area contributed by atoms with Crippen molar-refractivity contribution in [1.82, 2.24) is 0 Å². The van der Waals surface area contributed by atoms with Gasteiger partial charge in [0.05, 0.1) is 17.9 Å². The molecule has 0 radical (unpaired) electrons. The molecule has 100 valence electrons. The summed E-state index contributed by atoms with van der Waals surface area (Å²) in [6.45, 7) is 5.33. The fraction of sp³-hybridized carbons (Fsp3) is 0.467. The average molecular weight is 260 g/mol. The van der Waals surface area contributed by atoms with Crippen molar-refractivity contribution in [3.63, 3.8) is 0 Å². The van der Waals surface area contributed by atoms with E-state index in [2.05, 4.69) is 0 Å². The number of ketones is 2. The standard InChI is InChI=1S/C15H16O4/c1-7-6-19-10-5-15(3)11(17)4-9(16)8(2)13(15)14(18)12(7)10/h6,11,17H,4-5H2,1-3H3/t11-,15+/m1/s1. The summed E-state index contributed by atoms with van der Waals surface area (Å²) in [5.74, 6) is 0.312. The van der Waals surface area contributed by atoms with Crippen LogP contribution in [-0.4, -0.2) is 22.8 Å². The summed E-state index contributed by atoms with van der Waals surface area (Å²) in [6, 6.07) is 0. The molecule has 2 atom stereocenters. The van der Waals surface area contributed by atoms with Gasteiger partial charge in [-0.25, -0.2) is 0 Å². The van der Waals surface area contributed by atoms with Gasteiger partial charge in [-0.1, -0.05) is 6.92 Å². The molecular weight excluding hydrogens is 244 g/mol. The van der Waals surface area contributed by atoms with Crippen LogP contribution in [0.2, 0.25) is 0 Å². The zero-order chi connectivity index (χ0) is 13.9. The number of hydrogen-bond donors (Lipinski definition) is 1. The fourth-order valence-corrected chi connectivity index (χ4v) is 3.32. The second-order valence-corrected chi connectivity index (χ2v) is 5.78. The summed E-state index contributed by atoms with van der Waals surface area (Å²) in [4.78, 5) is 24.5. The predicted molar refractivity (Wildman–Crippen MR) is 67.9 cm³/mol. The van der Waals surface area contributed by atoms with Crippen molar-refractivity contribution in [2.24, 2.45) is 5.41 Å². The molecule has 19 heavy (non-hydrogen) atoms. The van der Waals surface area contributed by atoms with Gasteiger partial charge in [-0.3, -0.25) is 9.59 Å². The molecule has 1 aromatic rings. The quantitative estimate of drug-likeness (QED) is 0.774. The number of Topliss-reactive ketones (excluding diaryl/α,β-unsaturated/α-hetero) is 2.